The molecule has 0 atom stereocenters. The summed E-state index contributed by atoms with van der Waals surface area (Å²) in [5.41, 5.74) is 5.35. The summed E-state index contributed by atoms with van der Waals surface area (Å²) in [6.45, 7) is 4.05. The van der Waals surface area contributed by atoms with Gasteiger partial charge in [-0.3, -0.25) is 4.79 Å². The molecular formula is C20H19NOS. The molecule has 23 heavy (non-hydrogen) atoms. The van der Waals surface area contributed by atoms with E-state index >= 15 is 0 Å². The Hall–Kier alpha value is -2.39. The van der Waals surface area contributed by atoms with Crippen LogP contribution < -0.4 is 4.90 Å². The molecule has 0 fully saturated rings. The Kier molecular flexibility index (Phi) is 4.30. The second-order valence-corrected chi connectivity index (χ2v) is 6.50. The first-order valence-corrected chi connectivity index (χ1v) is 8.44. The number of anilines is 1. The fraction of sp³-hybridized carbons (Fsp3) is 0.150. The largest absolute Gasteiger partial charge is 0.310 e. The van der Waals surface area contributed by atoms with E-state index in [1.54, 1.807) is 4.90 Å². The van der Waals surface area contributed by atoms with Crippen LogP contribution in [-0.2, 0) is 0 Å². The fourth-order valence-corrected chi connectivity index (χ4v) is 3.65. The van der Waals surface area contributed by atoms with Gasteiger partial charge in [0.25, 0.3) is 5.91 Å². The summed E-state index contributed by atoms with van der Waals surface area (Å²) in [4.78, 5) is 15.5. The van der Waals surface area contributed by atoms with E-state index in [1.807, 2.05) is 62.7 Å². The van der Waals surface area contributed by atoms with Crippen LogP contribution in [0.3, 0.4) is 0 Å². The van der Waals surface area contributed by atoms with Crippen LogP contribution in [0.5, 0.6) is 0 Å². The normalized spacial score (nSPS) is 10.6. The number of carbonyl (C=O) groups is 1. The van der Waals surface area contributed by atoms with Gasteiger partial charge in [-0.2, -0.15) is 0 Å². The fourth-order valence-electron chi connectivity index (χ4n) is 2.60. The van der Waals surface area contributed by atoms with Crippen LogP contribution in [0.2, 0.25) is 0 Å². The third-order valence-corrected chi connectivity index (χ3v) is 5.32. The second kappa shape index (κ2) is 6.39. The molecule has 0 saturated carbocycles. The van der Waals surface area contributed by atoms with Gasteiger partial charge in [0.15, 0.2) is 0 Å². The molecular weight excluding hydrogens is 302 g/mol. The molecule has 0 unspecified atom stereocenters. The molecule has 2 nitrogen and oxygen atoms in total. The Balaban J connectivity index is 2.02. The van der Waals surface area contributed by atoms with Crippen LogP contribution in [0.4, 0.5) is 5.69 Å². The molecule has 0 spiro atoms. The molecule has 3 rings (SSSR count). The van der Waals surface area contributed by atoms with Crippen molar-refractivity contribution in [3.8, 4) is 11.1 Å². The number of aryl methyl sites for hydroxylation is 1. The van der Waals surface area contributed by atoms with Gasteiger partial charge in [-0.15, -0.1) is 11.3 Å². The third-order valence-electron chi connectivity index (χ3n) is 4.13. The smallest absolute Gasteiger partial charge is 0.268 e. The second-order valence-electron chi connectivity index (χ2n) is 5.62. The maximum absolute atomic E-state index is 12.9. The summed E-state index contributed by atoms with van der Waals surface area (Å²) in [6.07, 6.45) is 0. The van der Waals surface area contributed by atoms with E-state index < -0.39 is 0 Å². The average molecular weight is 321 g/mol. The summed E-state index contributed by atoms with van der Waals surface area (Å²) in [5.74, 6) is 0.0454. The number of para-hydroxylation sites is 1. The van der Waals surface area contributed by atoms with Gasteiger partial charge in [-0.25, -0.2) is 0 Å². The van der Waals surface area contributed by atoms with Crippen LogP contribution >= 0.6 is 11.3 Å². The van der Waals surface area contributed by atoms with E-state index in [0.717, 1.165) is 27.3 Å². The number of benzene rings is 2. The number of nitrogens with zero attached hydrogens (tertiary/aromatic N) is 1. The Bertz CT molecular complexity index is 836. The van der Waals surface area contributed by atoms with Crippen molar-refractivity contribution in [2.45, 2.75) is 13.8 Å². The minimum absolute atomic E-state index is 0.0454. The molecule has 0 radical (unpaired) electrons. The number of hydrogen-bond acceptors (Lipinski definition) is 2. The van der Waals surface area contributed by atoms with E-state index in [9.17, 15) is 4.79 Å². The van der Waals surface area contributed by atoms with Gasteiger partial charge >= 0.3 is 0 Å². The van der Waals surface area contributed by atoms with Gasteiger partial charge in [-0.05, 0) is 42.0 Å². The zero-order valence-corrected chi connectivity index (χ0v) is 14.4. The summed E-state index contributed by atoms with van der Waals surface area (Å²) < 4.78 is 0. The molecule has 1 amide bonds. The standard InChI is InChI=1S/C20H19NOS/c1-14-13-23-19(15(14)2)20(22)21(3)18-12-8-7-11-17(18)16-9-5-4-6-10-16/h4-13H,1-3H3. The molecule has 0 N–H and O–H groups in total. The Morgan fingerprint density at radius 3 is 2.26 bits per heavy atom. The molecule has 0 aliphatic heterocycles. The third kappa shape index (κ3) is 2.92. The highest BCUT2D eigenvalue weighted by Gasteiger charge is 2.20. The van der Waals surface area contributed by atoms with Gasteiger partial charge in [-0.1, -0.05) is 48.5 Å². The summed E-state index contributed by atoms with van der Waals surface area (Å²) >= 11 is 1.52. The molecule has 3 heteroatoms. The maximum Gasteiger partial charge on any atom is 0.268 e. The monoisotopic (exact) mass is 321 g/mol. The highest BCUT2D eigenvalue weighted by atomic mass is 32.1. The Labute approximate surface area is 141 Å². The summed E-state index contributed by atoms with van der Waals surface area (Å²) in [7, 11) is 1.85. The van der Waals surface area contributed by atoms with Crippen LogP contribution in [0.25, 0.3) is 11.1 Å². The molecule has 0 bridgehead atoms. The molecule has 1 aromatic heterocycles. The molecule has 0 saturated heterocycles. The number of thiophene rings is 1. The topological polar surface area (TPSA) is 20.3 Å². The van der Waals surface area contributed by atoms with Gasteiger partial charge < -0.3 is 4.90 Å². The minimum Gasteiger partial charge on any atom is -0.310 e. The van der Waals surface area contributed by atoms with Crippen molar-refractivity contribution in [2.75, 3.05) is 11.9 Å². The van der Waals surface area contributed by atoms with Crippen molar-refractivity contribution in [1.82, 2.24) is 0 Å². The number of carbonyl (C=O) groups excluding carboxylic acids is 1. The van der Waals surface area contributed by atoms with Crippen molar-refractivity contribution in [2.24, 2.45) is 0 Å². The highest BCUT2D eigenvalue weighted by Crippen LogP contribution is 2.32. The molecule has 116 valence electrons. The number of rotatable bonds is 3. The molecule has 0 aliphatic rings. The molecule has 1 heterocycles. The maximum atomic E-state index is 12.9. The van der Waals surface area contributed by atoms with Gasteiger partial charge in [0.2, 0.25) is 0 Å². The van der Waals surface area contributed by atoms with Gasteiger partial charge in [0.1, 0.15) is 0 Å². The minimum atomic E-state index is 0.0454. The zero-order valence-electron chi connectivity index (χ0n) is 13.5. The Morgan fingerprint density at radius 2 is 1.61 bits per heavy atom. The first-order valence-electron chi connectivity index (χ1n) is 7.57. The van der Waals surface area contributed by atoms with E-state index in [-0.39, 0.29) is 5.91 Å². The van der Waals surface area contributed by atoms with Crippen molar-refractivity contribution >= 4 is 22.9 Å². The van der Waals surface area contributed by atoms with Crippen LogP contribution in [0.15, 0.2) is 60.0 Å². The lowest BCUT2D eigenvalue weighted by Crippen LogP contribution is -2.26. The lowest BCUT2D eigenvalue weighted by Gasteiger charge is -2.21. The van der Waals surface area contributed by atoms with E-state index in [2.05, 4.69) is 18.2 Å². The van der Waals surface area contributed by atoms with Crippen molar-refractivity contribution in [3.63, 3.8) is 0 Å². The number of hydrogen-bond donors (Lipinski definition) is 0. The van der Waals surface area contributed by atoms with Crippen LogP contribution in [0.1, 0.15) is 20.8 Å². The molecule has 0 aliphatic carbocycles. The quantitative estimate of drug-likeness (QED) is 0.640. The molecule has 3 aromatic rings. The van der Waals surface area contributed by atoms with Crippen molar-refractivity contribution < 1.29 is 4.79 Å². The SMILES string of the molecule is Cc1csc(C(=O)N(C)c2ccccc2-c2ccccc2)c1C. The average Bonchev–Trinajstić information content (AvgIpc) is 2.93. The van der Waals surface area contributed by atoms with Crippen LogP contribution in [-0.4, -0.2) is 13.0 Å². The Morgan fingerprint density at radius 1 is 0.957 bits per heavy atom. The van der Waals surface area contributed by atoms with E-state index in [4.69, 9.17) is 0 Å². The van der Waals surface area contributed by atoms with Gasteiger partial charge in [0.05, 0.1) is 10.6 Å². The van der Waals surface area contributed by atoms with E-state index in [1.165, 1.54) is 16.9 Å². The molecule has 2 aromatic carbocycles. The highest BCUT2D eigenvalue weighted by molar-refractivity contribution is 7.12. The first-order chi connectivity index (χ1) is 11.1. The zero-order chi connectivity index (χ0) is 16.4. The van der Waals surface area contributed by atoms with Crippen molar-refractivity contribution in [1.29, 1.82) is 0 Å². The predicted octanol–water partition coefficient (Wildman–Crippen LogP) is 5.31. The number of amides is 1. The van der Waals surface area contributed by atoms with E-state index in [0.29, 0.717) is 0 Å². The lowest BCUT2D eigenvalue weighted by atomic mass is 10.0. The predicted molar refractivity (Wildman–Crippen MR) is 98.4 cm³/mol. The summed E-state index contributed by atoms with van der Waals surface area (Å²) in [6, 6.07) is 18.2. The first kappa shape index (κ1) is 15.5. The van der Waals surface area contributed by atoms with Gasteiger partial charge in [0, 0.05) is 12.6 Å². The summed E-state index contributed by atoms with van der Waals surface area (Å²) in [5, 5.41) is 2.04. The lowest BCUT2D eigenvalue weighted by molar-refractivity contribution is 0.0996. The van der Waals surface area contributed by atoms with Crippen molar-refractivity contribution in [3.05, 3.63) is 76.0 Å². The van der Waals surface area contributed by atoms with Crippen LogP contribution in [0, 0.1) is 13.8 Å².